The van der Waals surface area contributed by atoms with Crippen LogP contribution in [0.4, 0.5) is 4.39 Å². The van der Waals surface area contributed by atoms with E-state index < -0.39 is 5.67 Å². The molecule has 1 aromatic rings. The number of benzene rings is 1. The zero-order valence-corrected chi connectivity index (χ0v) is 11.9. The molecule has 16 heavy (non-hydrogen) atoms. The second kappa shape index (κ2) is 9.38. The molecule has 0 aliphatic carbocycles. The maximum atomic E-state index is 13.4. The zero-order valence-electron chi connectivity index (χ0n) is 11.9. The highest BCUT2D eigenvalue weighted by atomic mass is 19.1. The van der Waals surface area contributed by atoms with E-state index in [1.807, 2.05) is 52.0 Å². The fourth-order valence-corrected chi connectivity index (χ4v) is 1.14. The van der Waals surface area contributed by atoms with Gasteiger partial charge >= 0.3 is 0 Å². The van der Waals surface area contributed by atoms with Gasteiger partial charge in [0.1, 0.15) is 5.67 Å². The number of aryl methyl sites for hydroxylation is 1. The third-order valence-corrected chi connectivity index (χ3v) is 2.05. The predicted octanol–water partition coefficient (Wildman–Crippen LogP) is 5.51. The second-order valence-corrected chi connectivity index (χ2v) is 3.52. The standard InChI is InChI=1S/C11H15F.2C2H6/c1-4-9-5-7-10(8-6-9)11(2,3)12;2*1-2/h5-8H,4H2,1-3H3;2*1-2H3. The number of alkyl halides is 1. The van der Waals surface area contributed by atoms with Crippen LogP contribution < -0.4 is 0 Å². The molecule has 0 nitrogen and oxygen atoms in total. The monoisotopic (exact) mass is 226 g/mol. The van der Waals surface area contributed by atoms with E-state index in [0.29, 0.717) is 0 Å². The third kappa shape index (κ3) is 6.60. The summed E-state index contributed by atoms with van der Waals surface area (Å²) >= 11 is 0. The molecule has 0 aliphatic rings. The number of hydrogen-bond acceptors (Lipinski definition) is 0. The van der Waals surface area contributed by atoms with Gasteiger partial charge in [-0.25, -0.2) is 4.39 Å². The molecule has 0 bridgehead atoms. The summed E-state index contributed by atoms with van der Waals surface area (Å²) in [5, 5.41) is 0. The third-order valence-electron chi connectivity index (χ3n) is 2.05. The molecule has 0 spiro atoms. The molecule has 0 aliphatic heterocycles. The van der Waals surface area contributed by atoms with E-state index >= 15 is 0 Å². The molecule has 0 unspecified atom stereocenters. The van der Waals surface area contributed by atoms with Gasteiger partial charge in [-0.1, -0.05) is 58.9 Å². The molecular formula is C15H27F. The van der Waals surface area contributed by atoms with Gasteiger partial charge in [0.2, 0.25) is 0 Å². The predicted molar refractivity (Wildman–Crippen MR) is 72.7 cm³/mol. The molecule has 0 amide bonds. The van der Waals surface area contributed by atoms with E-state index in [4.69, 9.17) is 0 Å². The van der Waals surface area contributed by atoms with Crippen molar-refractivity contribution >= 4 is 0 Å². The molecule has 0 saturated carbocycles. The average molecular weight is 226 g/mol. The summed E-state index contributed by atoms with van der Waals surface area (Å²) in [5.74, 6) is 0. The van der Waals surface area contributed by atoms with E-state index in [0.717, 1.165) is 12.0 Å². The summed E-state index contributed by atoms with van der Waals surface area (Å²) < 4.78 is 13.4. The molecule has 0 saturated heterocycles. The van der Waals surface area contributed by atoms with E-state index in [9.17, 15) is 4.39 Å². The van der Waals surface area contributed by atoms with E-state index in [2.05, 4.69) is 6.92 Å². The lowest BCUT2D eigenvalue weighted by molar-refractivity contribution is 0.221. The number of halogens is 1. The van der Waals surface area contributed by atoms with Crippen LogP contribution in [-0.2, 0) is 12.1 Å². The Morgan fingerprint density at radius 3 is 1.56 bits per heavy atom. The first-order valence-corrected chi connectivity index (χ1v) is 6.32. The van der Waals surface area contributed by atoms with Crippen molar-refractivity contribution < 1.29 is 4.39 Å². The SMILES string of the molecule is CC.CC.CCc1ccc(C(C)(C)F)cc1. The minimum absolute atomic E-state index is 0.750. The highest BCUT2D eigenvalue weighted by Gasteiger charge is 2.17. The maximum Gasteiger partial charge on any atom is 0.130 e. The Balaban J connectivity index is 0. The fraction of sp³-hybridized carbons (Fsp3) is 0.600. The van der Waals surface area contributed by atoms with Crippen molar-refractivity contribution in [3.8, 4) is 0 Å². The first-order valence-electron chi connectivity index (χ1n) is 6.32. The molecule has 94 valence electrons. The Labute approximate surface area is 101 Å². The lowest BCUT2D eigenvalue weighted by atomic mass is 9.98. The smallest absolute Gasteiger partial charge is 0.130 e. The van der Waals surface area contributed by atoms with Crippen LogP contribution in [0.25, 0.3) is 0 Å². The molecule has 0 aromatic heterocycles. The van der Waals surface area contributed by atoms with Crippen molar-refractivity contribution in [1.29, 1.82) is 0 Å². The van der Waals surface area contributed by atoms with Crippen LogP contribution in [-0.4, -0.2) is 0 Å². The molecule has 0 N–H and O–H groups in total. The van der Waals surface area contributed by atoms with E-state index in [1.165, 1.54) is 5.56 Å². The first-order chi connectivity index (χ1) is 7.54. The van der Waals surface area contributed by atoms with Gasteiger partial charge in [-0.05, 0) is 31.4 Å². The summed E-state index contributed by atoms with van der Waals surface area (Å²) in [6.45, 7) is 13.2. The van der Waals surface area contributed by atoms with Gasteiger partial charge in [-0.15, -0.1) is 0 Å². The van der Waals surface area contributed by atoms with Crippen molar-refractivity contribution in [1.82, 2.24) is 0 Å². The Hall–Kier alpha value is -0.850. The molecule has 0 heterocycles. The van der Waals surface area contributed by atoms with Gasteiger partial charge in [0, 0.05) is 0 Å². The minimum Gasteiger partial charge on any atom is -0.239 e. The fourth-order valence-electron chi connectivity index (χ4n) is 1.14. The van der Waals surface area contributed by atoms with Crippen molar-refractivity contribution in [2.75, 3.05) is 0 Å². The number of hydrogen-bond donors (Lipinski definition) is 0. The summed E-state index contributed by atoms with van der Waals surface area (Å²) in [5.41, 5.74) is 0.786. The zero-order chi connectivity index (χ0) is 13.2. The van der Waals surface area contributed by atoms with Crippen LogP contribution in [0.3, 0.4) is 0 Å². The molecule has 0 atom stereocenters. The Bertz CT molecular complexity index is 241. The van der Waals surface area contributed by atoms with Gasteiger partial charge in [0.05, 0.1) is 0 Å². The van der Waals surface area contributed by atoms with Crippen molar-refractivity contribution in [3.05, 3.63) is 35.4 Å². The van der Waals surface area contributed by atoms with Gasteiger partial charge in [-0.3, -0.25) is 0 Å². The molecule has 1 rings (SSSR count). The normalized spacial score (nSPS) is 9.50. The summed E-state index contributed by atoms with van der Waals surface area (Å²) in [6.07, 6.45) is 1.01. The quantitative estimate of drug-likeness (QED) is 0.624. The van der Waals surface area contributed by atoms with Crippen molar-refractivity contribution in [3.63, 3.8) is 0 Å². The van der Waals surface area contributed by atoms with Gasteiger partial charge < -0.3 is 0 Å². The first kappa shape index (κ1) is 17.5. The lowest BCUT2D eigenvalue weighted by Gasteiger charge is -2.14. The van der Waals surface area contributed by atoms with E-state index in [-0.39, 0.29) is 0 Å². The summed E-state index contributed by atoms with van der Waals surface area (Å²) in [4.78, 5) is 0. The summed E-state index contributed by atoms with van der Waals surface area (Å²) in [7, 11) is 0. The van der Waals surface area contributed by atoms with Crippen LogP contribution in [0.1, 0.15) is 59.6 Å². The summed E-state index contributed by atoms with van der Waals surface area (Å²) in [6, 6.07) is 7.69. The van der Waals surface area contributed by atoms with Crippen molar-refractivity contribution in [2.24, 2.45) is 0 Å². The Morgan fingerprint density at radius 1 is 0.938 bits per heavy atom. The van der Waals surface area contributed by atoms with Crippen LogP contribution >= 0.6 is 0 Å². The van der Waals surface area contributed by atoms with Crippen LogP contribution in [0.2, 0.25) is 0 Å². The molecular weight excluding hydrogens is 199 g/mol. The maximum absolute atomic E-state index is 13.4. The molecule has 0 fully saturated rings. The second-order valence-electron chi connectivity index (χ2n) is 3.52. The van der Waals surface area contributed by atoms with Crippen LogP contribution in [0.5, 0.6) is 0 Å². The van der Waals surface area contributed by atoms with E-state index in [1.54, 1.807) is 13.8 Å². The van der Waals surface area contributed by atoms with Crippen LogP contribution in [0.15, 0.2) is 24.3 Å². The average Bonchev–Trinajstić information content (AvgIpc) is 2.33. The molecule has 0 radical (unpaired) electrons. The molecule has 1 heteroatoms. The highest BCUT2D eigenvalue weighted by Crippen LogP contribution is 2.24. The van der Waals surface area contributed by atoms with Crippen LogP contribution in [0, 0.1) is 0 Å². The largest absolute Gasteiger partial charge is 0.239 e. The Morgan fingerprint density at radius 2 is 1.31 bits per heavy atom. The van der Waals surface area contributed by atoms with Gasteiger partial charge in [0.25, 0.3) is 0 Å². The molecule has 1 aromatic carbocycles. The minimum atomic E-state index is -1.22. The lowest BCUT2D eigenvalue weighted by Crippen LogP contribution is -2.08. The number of rotatable bonds is 2. The topological polar surface area (TPSA) is 0 Å². The highest BCUT2D eigenvalue weighted by molar-refractivity contribution is 5.26. The Kier molecular flexibility index (Phi) is 10.3. The van der Waals surface area contributed by atoms with Gasteiger partial charge in [-0.2, -0.15) is 0 Å². The van der Waals surface area contributed by atoms with Crippen molar-refractivity contribution in [2.45, 2.75) is 60.6 Å². The van der Waals surface area contributed by atoms with Gasteiger partial charge in [0.15, 0.2) is 0 Å².